The summed E-state index contributed by atoms with van der Waals surface area (Å²) in [6.07, 6.45) is 0.930. The number of nitrogen functional groups attached to an aromatic ring is 1. The van der Waals surface area contributed by atoms with Crippen LogP contribution in [0.5, 0.6) is 0 Å². The van der Waals surface area contributed by atoms with Crippen molar-refractivity contribution in [2.45, 2.75) is 26.3 Å². The summed E-state index contributed by atoms with van der Waals surface area (Å²) < 4.78 is 0. The second-order valence-electron chi connectivity index (χ2n) is 5.43. The number of anilines is 2. The third kappa shape index (κ3) is 3.24. The zero-order valence-electron chi connectivity index (χ0n) is 12.5. The van der Waals surface area contributed by atoms with E-state index >= 15 is 0 Å². The Hall–Kier alpha value is -1.27. The molecule has 1 atom stereocenters. The van der Waals surface area contributed by atoms with Gasteiger partial charge in [-0.2, -0.15) is 0 Å². The van der Waals surface area contributed by atoms with Crippen LogP contribution in [0.3, 0.4) is 0 Å². The molecule has 0 aliphatic carbocycles. The number of nitrogens with one attached hydrogen (secondary N) is 1. The van der Waals surface area contributed by atoms with E-state index in [9.17, 15) is 4.79 Å². The second kappa shape index (κ2) is 6.45. The molecule has 5 nitrogen and oxygen atoms in total. The summed E-state index contributed by atoms with van der Waals surface area (Å²) in [4.78, 5) is 17.4. The van der Waals surface area contributed by atoms with Crippen molar-refractivity contribution in [3.8, 4) is 0 Å². The lowest BCUT2D eigenvalue weighted by Gasteiger charge is -2.38. The Kier molecular flexibility index (Phi) is 4.88. The minimum absolute atomic E-state index is 0.0534. The van der Waals surface area contributed by atoms with Crippen molar-refractivity contribution in [2.75, 3.05) is 43.9 Å². The number of hydrogen-bond donors (Lipinski definition) is 2. The van der Waals surface area contributed by atoms with Gasteiger partial charge in [0.15, 0.2) is 0 Å². The Balaban J connectivity index is 2.12. The van der Waals surface area contributed by atoms with Crippen LogP contribution in [-0.2, 0) is 0 Å². The highest BCUT2D eigenvalue weighted by Gasteiger charge is 2.25. The van der Waals surface area contributed by atoms with Gasteiger partial charge in [-0.3, -0.25) is 4.79 Å². The van der Waals surface area contributed by atoms with Gasteiger partial charge in [0.05, 0.1) is 10.7 Å². The van der Waals surface area contributed by atoms with E-state index in [1.54, 1.807) is 0 Å². The molecule has 1 saturated heterocycles. The van der Waals surface area contributed by atoms with Gasteiger partial charge in [-0.1, -0.05) is 6.92 Å². The molecule has 2 heterocycles. The fourth-order valence-corrected chi connectivity index (χ4v) is 3.62. The topological polar surface area (TPSA) is 61.6 Å². The minimum atomic E-state index is -0.0534. The van der Waals surface area contributed by atoms with Crippen molar-refractivity contribution < 1.29 is 4.79 Å². The minimum Gasteiger partial charge on any atom is -0.397 e. The van der Waals surface area contributed by atoms with E-state index in [0.717, 1.165) is 31.1 Å². The summed E-state index contributed by atoms with van der Waals surface area (Å²) in [6, 6.07) is 2.38. The molecule has 2 rings (SSSR count). The average molecular weight is 296 g/mol. The maximum absolute atomic E-state index is 12.0. The van der Waals surface area contributed by atoms with Crippen LogP contribution in [0.1, 0.15) is 29.9 Å². The number of nitrogens with zero attached hydrogens (tertiary/aromatic N) is 2. The largest absolute Gasteiger partial charge is 0.397 e. The molecule has 1 aromatic heterocycles. The Morgan fingerprint density at radius 1 is 1.55 bits per heavy atom. The highest BCUT2D eigenvalue weighted by molar-refractivity contribution is 7.18. The average Bonchev–Trinajstić information content (AvgIpc) is 2.78. The number of rotatable bonds is 4. The first-order valence-electron chi connectivity index (χ1n) is 7.15. The first-order chi connectivity index (χ1) is 9.52. The van der Waals surface area contributed by atoms with Crippen LogP contribution < -0.4 is 16.0 Å². The quantitative estimate of drug-likeness (QED) is 0.886. The zero-order chi connectivity index (χ0) is 14.7. The molecule has 20 heavy (non-hydrogen) atoms. The number of amides is 1. The molecular formula is C14H24N4OS. The normalized spacial score (nSPS) is 20.1. The molecule has 1 amide bonds. The molecular weight excluding hydrogens is 272 g/mol. The number of hydrogen-bond acceptors (Lipinski definition) is 5. The van der Waals surface area contributed by atoms with Gasteiger partial charge in [0, 0.05) is 32.2 Å². The molecule has 0 aromatic carbocycles. The van der Waals surface area contributed by atoms with Gasteiger partial charge in [0.1, 0.15) is 4.88 Å². The van der Waals surface area contributed by atoms with Crippen LogP contribution in [0.25, 0.3) is 0 Å². The lowest BCUT2D eigenvalue weighted by molar-refractivity contribution is 0.0958. The van der Waals surface area contributed by atoms with Crippen LogP contribution in [-0.4, -0.2) is 50.1 Å². The van der Waals surface area contributed by atoms with Crippen molar-refractivity contribution >= 4 is 27.9 Å². The SMILES string of the molecule is CCCNC(=O)c1sc(N2CCN(C)CC2C)cc1N. The van der Waals surface area contributed by atoms with E-state index in [1.807, 2.05) is 13.0 Å². The van der Waals surface area contributed by atoms with Gasteiger partial charge in [0.2, 0.25) is 0 Å². The maximum Gasteiger partial charge on any atom is 0.263 e. The maximum atomic E-state index is 12.0. The van der Waals surface area contributed by atoms with Gasteiger partial charge < -0.3 is 20.9 Å². The Morgan fingerprint density at radius 2 is 2.30 bits per heavy atom. The molecule has 112 valence electrons. The second-order valence-corrected chi connectivity index (χ2v) is 6.46. The Morgan fingerprint density at radius 3 is 2.95 bits per heavy atom. The summed E-state index contributed by atoms with van der Waals surface area (Å²) in [6.45, 7) is 8.00. The number of likely N-dealkylation sites (N-methyl/N-ethyl adjacent to an activating group) is 1. The predicted molar refractivity (Wildman–Crippen MR) is 85.7 cm³/mol. The smallest absolute Gasteiger partial charge is 0.263 e. The van der Waals surface area contributed by atoms with Gasteiger partial charge in [-0.15, -0.1) is 11.3 Å². The Bertz CT molecular complexity index is 474. The van der Waals surface area contributed by atoms with E-state index in [2.05, 4.69) is 29.1 Å². The number of nitrogens with two attached hydrogens (primary N) is 1. The van der Waals surface area contributed by atoms with E-state index < -0.39 is 0 Å². The first-order valence-corrected chi connectivity index (χ1v) is 7.97. The van der Waals surface area contributed by atoms with E-state index in [-0.39, 0.29) is 5.91 Å². The molecule has 0 bridgehead atoms. The van der Waals surface area contributed by atoms with E-state index in [0.29, 0.717) is 23.2 Å². The molecule has 1 unspecified atom stereocenters. The lowest BCUT2D eigenvalue weighted by Crippen LogP contribution is -2.50. The van der Waals surface area contributed by atoms with E-state index in [1.165, 1.54) is 11.3 Å². The van der Waals surface area contributed by atoms with E-state index in [4.69, 9.17) is 5.73 Å². The molecule has 1 aliphatic heterocycles. The predicted octanol–water partition coefficient (Wildman–Crippen LogP) is 1.61. The van der Waals surface area contributed by atoms with Gasteiger partial charge >= 0.3 is 0 Å². The van der Waals surface area contributed by atoms with Crippen molar-refractivity contribution in [1.29, 1.82) is 0 Å². The summed E-state index contributed by atoms with van der Waals surface area (Å²) in [5, 5.41) is 3.99. The molecule has 0 radical (unpaired) electrons. The highest BCUT2D eigenvalue weighted by atomic mass is 32.1. The molecule has 1 fully saturated rings. The number of thiophene rings is 1. The van der Waals surface area contributed by atoms with Crippen LogP contribution in [0.2, 0.25) is 0 Å². The summed E-state index contributed by atoms with van der Waals surface area (Å²) in [7, 11) is 2.14. The van der Waals surface area contributed by atoms with Crippen LogP contribution in [0.15, 0.2) is 6.07 Å². The zero-order valence-corrected chi connectivity index (χ0v) is 13.3. The van der Waals surface area contributed by atoms with Crippen LogP contribution >= 0.6 is 11.3 Å². The molecule has 6 heteroatoms. The lowest BCUT2D eigenvalue weighted by atomic mass is 10.2. The third-order valence-electron chi connectivity index (χ3n) is 3.60. The van der Waals surface area contributed by atoms with Gasteiger partial charge in [-0.05, 0) is 26.5 Å². The molecule has 3 N–H and O–H groups in total. The Labute approximate surface area is 124 Å². The fraction of sp³-hybridized carbons (Fsp3) is 0.643. The standard InChI is InChI=1S/C14H24N4OS/c1-4-5-16-14(19)13-11(15)8-12(20-13)18-7-6-17(3)9-10(18)2/h8,10H,4-7,9,15H2,1-3H3,(H,16,19). The van der Waals surface area contributed by atoms with Crippen molar-refractivity contribution in [2.24, 2.45) is 0 Å². The number of carbonyl (C=O) groups excluding carboxylic acids is 1. The fourth-order valence-electron chi connectivity index (χ4n) is 2.50. The highest BCUT2D eigenvalue weighted by Crippen LogP contribution is 2.34. The molecule has 1 aliphatic rings. The van der Waals surface area contributed by atoms with Crippen molar-refractivity contribution in [1.82, 2.24) is 10.2 Å². The first kappa shape index (κ1) is 15.1. The molecule has 0 saturated carbocycles. The van der Waals surface area contributed by atoms with Crippen LogP contribution in [0.4, 0.5) is 10.7 Å². The van der Waals surface area contributed by atoms with Gasteiger partial charge in [0.25, 0.3) is 5.91 Å². The monoisotopic (exact) mass is 296 g/mol. The van der Waals surface area contributed by atoms with Crippen LogP contribution in [0, 0.1) is 0 Å². The summed E-state index contributed by atoms with van der Waals surface area (Å²) >= 11 is 1.50. The summed E-state index contributed by atoms with van der Waals surface area (Å²) in [5.41, 5.74) is 6.59. The van der Waals surface area contributed by atoms with Crippen molar-refractivity contribution in [3.63, 3.8) is 0 Å². The summed E-state index contributed by atoms with van der Waals surface area (Å²) in [5.74, 6) is -0.0534. The van der Waals surface area contributed by atoms with Crippen molar-refractivity contribution in [3.05, 3.63) is 10.9 Å². The molecule has 1 aromatic rings. The number of piperazine rings is 1. The molecule has 0 spiro atoms. The van der Waals surface area contributed by atoms with Gasteiger partial charge in [-0.25, -0.2) is 0 Å². The number of carbonyl (C=O) groups is 1. The third-order valence-corrected chi connectivity index (χ3v) is 4.79.